The summed E-state index contributed by atoms with van der Waals surface area (Å²) in [6.07, 6.45) is 1.97. The average molecular weight is 362 g/mol. The lowest BCUT2D eigenvalue weighted by Crippen LogP contribution is -2.43. The van der Waals surface area contributed by atoms with Crippen LogP contribution in [0.3, 0.4) is 0 Å². The number of methoxy groups -OCH3 is 1. The van der Waals surface area contributed by atoms with E-state index in [0.717, 1.165) is 38.0 Å². The average Bonchev–Trinajstić information content (AvgIpc) is 2.53. The number of piperidine rings is 1. The van der Waals surface area contributed by atoms with Crippen LogP contribution >= 0.6 is 24.0 Å². The summed E-state index contributed by atoms with van der Waals surface area (Å²) in [4.78, 5) is 14.4. The molecular weight excluding hydrogens is 337 g/mol. The molecule has 1 atom stereocenters. The molecule has 0 aromatic heterocycles. The number of carbonyl (C=O) groups is 1. The second kappa shape index (κ2) is 9.98. The first kappa shape index (κ1) is 20.0. The van der Waals surface area contributed by atoms with Crippen molar-refractivity contribution in [2.75, 3.05) is 33.3 Å². The predicted molar refractivity (Wildman–Crippen MR) is 95.3 cm³/mol. The van der Waals surface area contributed by atoms with Gasteiger partial charge in [-0.15, -0.1) is 12.4 Å². The molecule has 0 radical (unpaired) electrons. The summed E-state index contributed by atoms with van der Waals surface area (Å²) in [7, 11) is 1.61. The molecule has 0 spiro atoms. The van der Waals surface area contributed by atoms with E-state index in [9.17, 15) is 4.79 Å². The van der Waals surface area contributed by atoms with Gasteiger partial charge >= 0.3 is 0 Å². The number of likely N-dealkylation sites (tertiary alicyclic amines) is 1. The quantitative estimate of drug-likeness (QED) is 0.813. The molecular formula is C16H25Cl2N3O2. The number of nitrogens with two attached hydrogens (primary N) is 1. The van der Waals surface area contributed by atoms with Gasteiger partial charge < -0.3 is 15.8 Å². The highest BCUT2D eigenvalue weighted by Gasteiger charge is 2.25. The minimum absolute atomic E-state index is 0. The van der Waals surface area contributed by atoms with Crippen LogP contribution in [0.25, 0.3) is 0 Å². The Labute approximate surface area is 148 Å². The van der Waals surface area contributed by atoms with Crippen molar-refractivity contribution in [1.82, 2.24) is 10.2 Å². The van der Waals surface area contributed by atoms with Crippen molar-refractivity contribution in [3.63, 3.8) is 0 Å². The fourth-order valence-corrected chi connectivity index (χ4v) is 3.10. The molecule has 0 saturated carbocycles. The Morgan fingerprint density at radius 1 is 1.52 bits per heavy atom. The van der Waals surface area contributed by atoms with Crippen LogP contribution < -0.4 is 15.8 Å². The highest BCUT2D eigenvalue weighted by molar-refractivity contribution is 6.32. The first-order valence-electron chi connectivity index (χ1n) is 7.66. The molecule has 2 rings (SSSR count). The smallest absolute Gasteiger partial charge is 0.224 e. The maximum absolute atomic E-state index is 12.1. The lowest BCUT2D eigenvalue weighted by Gasteiger charge is -2.32. The highest BCUT2D eigenvalue weighted by Crippen LogP contribution is 2.26. The van der Waals surface area contributed by atoms with Gasteiger partial charge in [-0.05, 0) is 37.1 Å². The third-order valence-corrected chi connectivity index (χ3v) is 4.24. The van der Waals surface area contributed by atoms with Gasteiger partial charge in [0.2, 0.25) is 5.91 Å². The van der Waals surface area contributed by atoms with E-state index < -0.39 is 0 Å². The summed E-state index contributed by atoms with van der Waals surface area (Å²) in [6.45, 7) is 3.60. The first-order chi connectivity index (χ1) is 10.6. The molecule has 1 fully saturated rings. The van der Waals surface area contributed by atoms with Gasteiger partial charge in [0.15, 0.2) is 0 Å². The standard InChI is InChI=1S/C16H24ClN3O2.ClH/c1-22-15-5-4-12(9-14(15)17)10-20-8-2-3-13(11-20)16(21)19-7-6-18;/h4-5,9,13H,2-3,6-8,10-11,18H2,1H3,(H,19,21);1H. The van der Waals surface area contributed by atoms with E-state index in [1.54, 1.807) is 7.11 Å². The van der Waals surface area contributed by atoms with Crippen LogP contribution in [0, 0.1) is 5.92 Å². The Balaban J connectivity index is 0.00000264. The van der Waals surface area contributed by atoms with Crippen molar-refractivity contribution in [1.29, 1.82) is 0 Å². The molecule has 1 aromatic carbocycles. The zero-order valence-electron chi connectivity index (χ0n) is 13.4. The lowest BCUT2D eigenvalue weighted by molar-refractivity contribution is -0.126. The Hall–Kier alpha value is -1.01. The summed E-state index contributed by atoms with van der Waals surface area (Å²) in [6, 6.07) is 5.83. The predicted octanol–water partition coefficient (Wildman–Crippen LogP) is 2.06. The van der Waals surface area contributed by atoms with E-state index in [2.05, 4.69) is 10.2 Å². The molecule has 1 aromatic rings. The molecule has 3 N–H and O–H groups in total. The zero-order chi connectivity index (χ0) is 15.9. The van der Waals surface area contributed by atoms with Gasteiger partial charge in [0, 0.05) is 26.2 Å². The first-order valence-corrected chi connectivity index (χ1v) is 8.04. The molecule has 0 bridgehead atoms. The molecule has 1 heterocycles. The van der Waals surface area contributed by atoms with Crippen molar-refractivity contribution in [3.8, 4) is 5.75 Å². The number of hydrogen-bond donors (Lipinski definition) is 2. The Morgan fingerprint density at radius 2 is 2.30 bits per heavy atom. The van der Waals surface area contributed by atoms with Crippen molar-refractivity contribution >= 4 is 29.9 Å². The Kier molecular flexibility index (Phi) is 8.69. The fourth-order valence-electron chi connectivity index (χ4n) is 2.82. The lowest BCUT2D eigenvalue weighted by atomic mass is 9.96. The third kappa shape index (κ3) is 5.84. The summed E-state index contributed by atoms with van der Waals surface area (Å²) < 4.78 is 5.17. The maximum Gasteiger partial charge on any atom is 0.224 e. The minimum Gasteiger partial charge on any atom is -0.495 e. The van der Waals surface area contributed by atoms with Crippen molar-refractivity contribution in [2.45, 2.75) is 19.4 Å². The molecule has 7 heteroatoms. The van der Waals surface area contributed by atoms with E-state index in [0.29, 0.717) is 23.9 Å². The van der Waals surface area contributed by atoms with Crippen LogP contribution in [0.2, 0.25) is 5.02 Å². The largest absolute Gasteiger partial charge is 0.495 e. The second-order valence-corrected chi connectivity index (χ2v) is 6.03. The summed E-state index contributed by atoms with van der Waals surface area (Å²) >= 11 is 6.16. The SMILES string of the molecule is COc1ccc(CN2CCCC(C(=O)NCCN)C2)cc1Cl.Cl. The van der Waals surface area contributed by atoms with Gasteiger partial charge in [0.05, 0.1) is 18.1 Å². The number of hydrogen-bond acceptors (Lipinski definition) is 4. The molecule has 130 valence electrons. The van der Waals surface area contributed by atoms with E-state index >= 15 is 0 Å². The molecule has 0 aliphatic carbocycles. The van der Waals surface area contributed by atoms with Gasteiger partial charge in [0.1, 0.15) is 5.75 Å². The van der Waals surface area contributed by atoms with Crippen LogP contribution in [-0.4, -0.2) is 44.1 Å². The molecule has 1 amide bonds. The van der Waals surface area contributed by atoms with Crippen LogP contribution in [-0.2, 0) is 11.3 Å². The van der Waals surface area contributed by atoms with Crippen LogP contribution in [0.15, 0.2) is 18.2 Å². The van der Waals surface area contributed by atoms with Crippen LogP contribution in [0.4, 0.5) is 0 Å². The van der Waals surface area contributed by atoms with Crippen molar-refractivity contribution in [3.05, 3.63) is 28.8 Å². The normalized spacial score (nSPS) is 18.1. The number of ether oxygens (including phenoxy) is 1. The fraction of sp³-hybridized carbons (Fsp3) is 0.562. The number of carbonyl (C=O) groups excluding carboxylic acids is 1. The topological polar surface area (TPSA) is 67.6 Å². The van der Waals surface area contributed by atoms with Crippen LogP contribution in [0.5, 0.6) is 5.75 Å². The van der Waals surface area contributed by atoms with Crippen molar-refractivity contribution < 1.29 is 9.53 Å². The summed E-state index contributed by atoms with van der Waals surface area (Å²) in [5, 5.41) is 3.50. The van der Waals surface area contributed by atoms with Gasteiger partial charge in [-0.25, -0.2) is 0 Å². The molecule has 1 unspecified atom stereocenters. The van der Waals surface area contributed by atoms with Gasteiger partial charge in [-0.3, -0.25) is 9.69 Å². The molecule has 5 nitrogen and oxygen atoms in total. The monoisotopic (exact) mass is 361 g/mol. The van der Waals surface area contributed by atoms with Gasteiger partial charge in [0.25, 0.3) is 0 Å². The van der Waals surface area contributed by atoms with Crippen molar-refractivity contribution in [2.24, 2.45) is 11.7 Å². The molecule has 1 aliphatic heterocycles. The number of amides is 1. The number of halogens is 2. The summed E-state index contributed by atoms with van der Waals surface area (Å²) in [5.41, 5.74) is 6.56. The Morgan fingerprint density at radius 3 is 2.96 bits per heavy atom. The van der Waals surface area contributed by atoms with Gasteiger partial charge in [-0.1, -0.05) is 17.7 Å². The highest BCUT2D eigenvalue weighted by atomic mass is 35.5. The second-order valence-electron chi connectivity index (χ2n) is 5.62. The zero-order valence-corrected chi connectivity index (χ0v) is 15.0. The van der Waals surface area contributed by atoms with Gasteiger partial charge in [-0.2, -0.15) is 0 Å². The van der Waals surface area contributed by atoms with E-state index in [1.807, 2.05) is 18.2 Å². The Bertz CT molecular complexity index is 514. The number of benzene rings is 1. The third-order valence-electron chi connectivity index (χ3n) is 3.94. The minimum atomic E-state index is 0. The van der Waals surface area contributed by atoms with E-state index in [4.69, 9.17) is 22.1 Å². The van der Waals surface area contributed by atoms with E-state index in [-0.39, 0.29) is 24.2 Å². The molecule has 1 aliphatic rings. The number of nitrogens with zero attached hydrogens (tertiary/aromatic N) is 1. The molecule has 23 heavy (non-hydrogen) atoms. The van der Waals surface area contributed by atoms with Crippen LogP contribution in [0.1, 0.15) is 18.4 Å². The maximum atomic E-state index is 12.1. The number of nitrogens with one attached hydrogen (secondary N) is 1. The molecule has 1 saturated heterocycles. The van der Waals surface area contributed by atoms with E-state index in [1.165, 1.54) is 0 Å². The summed E-state index contributed by atoms with van der Waals surface area (Å²) in [5.74, 6) is 0.847. The number of rotatable bonds is 6.